The Morgan fingerprint density at radius 1 is 1.10 bits per heavy atom. The summed E-state index contributed by atoms with van der Waals surface area (Å²) in [5.41, 5.74) is 4.64. The first-order chi connectivity index (χ1) is 10.1. The molecule has 21 heavy (non-hydrogen) atoms. The van der Waals surface area contributed by atoms with Crippen molar-refractivity contribution in [2.75, 3.05) is 0 Å². The molecule has 3 heteroatoms. The summed E-state index contributed by atoms with van der Waals surface area (Å²) in [6.07, 6.45) is 2.50. The zero-order chi connectivity index (χ0) is 15.0. The average Bonchev–Trinajstić information content (AvgIpc) is 2.45. The van der Waals surface area contributed by atoms with Crippen molar-refractivity contribution in [3.63, 3.8) is 0 Å². The fourth-order valence-electron chi connectivity index (χ4n) is 2.85. The summed E-state index contributed by atoms with van der Waals surface area (Å²) >= 11 is 5.93. The molecule has 0 saturated carbocycles. The van der Waals surface area contributed by atoms with E-state index in [4.69, 9.17) is 11.6 Å². The van der Waals surface area contributed by atoms with E-state index in [0.29, 0.717) is 0 Å². The number of nitrogens with one attached hydrogen (secondary N) is 1. The van der Waals surface area contributed by atoms with Gasteiger partial charge in [-0.05, 0) is 66.1 Å². The molecule has 0 amide bonds. The third kappa shape index (κ3) is 2.59. The zero-order valence-electron chi connectivity index (χ0n) is 12.0. The third-order valence-corrected chi connectivity index (χ3v) is 4.21. The lowest BCUT2D eigenvalue weighted by atomic mass is 9.92. The molecule has 0 spiro atoms. The zero-order valence-corrected chi connectivity index (χ0v) is 12.8. The van der Waals surface area contributed by atoms with Gasteiger partial charge in [0.1, 0.15) is 0 Å². The first-order valence-electron chi connectivity index (χ1n) is 6.91. The molecule has 0 aliphatic heterocycles. The van der Waals surface area contributed by atoms with Crippen molar-refractivity contribution in [3.8, 4) is 0 Å². The van der Waals surface area contributed by atoms with Crippen molar-refractivity contribution in [2.24, 2.45) is 0 Å². The molecule has 2 aromatic carbocycles. The molecule has 0 fully saturated rings. The molecule has 0 unspecified atom stereocenters. The van der Waals surface area contributed by atoms with Crippen LogP contribution in [-0.2, 0) is 6.42 Å². The molecule has 0 saturated heterocycles. The molecule has 1 aromatic heterocycles. The summed E-state index contributed by atoms with van der Waals surface area (Å²) in [6.45, 7) is 4.12. The number of hydrogen-bond donors (Lipinski definition) is 1. The van der Waals surface area contributed by atoms with Crippen LogP contribution in [-0.4, -0.2) is 4.98 Å². The van der Waals surface area contributed by atoms with Gasteiger partial charge in [-0.3, -0.25) is 4.79 Å². The highest BCUT2D eigenvalue weighted by Gasteiger charge is 2.11. The second kappa shape index (κ2) is 5.38. The van der Waals surface area contributed by atoms with E-state index in [1.165, 1.54) is 16.7 Å². The lowest BCUT2D eigenvalue weighted by molar-refractivity contribution is 1.13. The molecular weight excluding hydrogens is 282 g/mol. The standard InChI is InChI=1S/C18H16ClNO/c1-11-9-14-7-8-20-18(21)17(14)12(2)16(11)10-13-3-5-15(19)6-4-13/h3-9H,10H2,1-2H3,(H,20,21). The molecule has 1 heterocycles. The van der Waals surface area contributed by atoms with Gasteiger partial charge in [-0.25, -0.2) is 0 Å². The van der Waals surface area contributed by atoms with Gasteiger partial charge in [0.05, 0.1) is 5.39 Å². The van der Waals surface area contributed by atoms with Gasteiger partial charge >= 0.3 is 0 Å². The minimum atomic E-state index is -0.0256. The van der Waals surface area contributed by atoms with Crippen LogP contribution < -0.4 is 5.56 Å². The van der Waals surface area contributed by atoms with E-state index >= 15 is 0 Å². The summed E-state index contributed by atoms with van der Waals surface area (Å²) < 4.78 is 0. The highest BCUT2D eigenvalue weighted by molar-refractivity contribution is 6.30. The number of rotatable bonds is 2. The fraction of sp³-hybridized carbons (Fsp3) is 0.167. The van der Waals surface area contributed by atoms with Crippen LogP contribution in [0.3, 0.4) is 0 Å². The normalized spacial score (nSPS) is 11.0. The van der Waals surface area contributed by atoms with Crippen molar-refractivity contribution >= 4 is 22.4 Å². The van der Waals surface area contributed by atoms with Crippen molar-refractivity contribution < 1.29 is 0 Å². The topological polar surface area (TPSA) is 32.9 Å². The third-order valence-electron chi connectivity index (χ3n) is 3.96. The maximum Gasteiger partial charge on any atom is 0.256 e. The monoisotopic (exact) mass is 297 g/mol. The molecule has 106 valence electrons. The second-order valence-electron chi connectivity index (χ2n) is 5.37. The molecule has 0 radical (unpaired) electrons. The van der Waals surface area contributed by atoms with E-state index in [1.54, 1.807) is 6.20 Å². The van der Waals surface area contributed by atoms with E-state index in [9.17, 15) is 4.79 Å². The highest BCUT2D eigenvalue weighted by atomic mass is 35.5. The van der Waals surface area contributed by atoms with Crippen LogP contribution in [0, 0.1) is 13.8 Å². The van der Waals surface area contributed by atoms with Gasteiger partial charge < -0.3 is 4.98 Å². The summed E-state index contributed by atoms with van der Waals surface area (Å²) in [6, 6.07) is 11.9. The lowest BCUT2D eigenvalue weighted by Crippen LogP contribution is -2.09. The van der Waals surface area contributed by atoms with Crippen molar-refractivity contribution in [3.05, 3.63) is 80.2 Å². The van der Waals surface area contributed by atoms with E-state index in [1.807, 2.05) is 37.3 Å². The largest absolute Gasteiger partial charge is 0.329 e. The summed E-state index contributed by atoms with van der Waals surface area (Å²) in [5, 5.41) is 2.52. The Hall–Kier alpha value is -2.06. The Bertz CT molecular complexity index is 863. The van der Waals surface area contributed by atoms with Gasteiger partial charge in [0.2, 0.25) is 0 Å². The number of H-pyrrole nitrogens is 1. The molecule has 1 N–H and O–H groups in total. The predicted molar refractivity (Wildman–Crippen MR) is 88.3 cm³/mol. The molecule has 2 nitrogen and oxygen atoms in total. The summed E-state index contributed by atoms with van der Waals surface area (Å²) in [7, 11) is 0. The predicted octanol–water partition coefficient (Wildman–Crippen LogP) is 4.39. The van der Waals surface area contributed by atoms with E-state index in [2.05, 4.69) is 18.0 Å². The van der Waals surface area contributed by atoms with Gasteiger partial charge in [-0.15, -0.1) is 0 Å². The Morgan fingerprint density at radius 3 is 2.52 bits per heavy atom. The van der Waals surface area contributed by atoms with Crippen LogP contribution in [0.4, 0.5) is 0 Å². The first kappa shape index (κ1) is 13.9. The molecule has 3 rings (SSSR count). The molecule has 0 atom stereocenters. The maximum absolute atomic E-state index is 12.1. The van der Waals surface area contributed by atoms with Crippen LogP contribution in [0.1, 0.15) is 22.3 Å². The molecule has 0 aliphatic rings. The number of aryl methyl sites for hydroxylation is 2. The van der Waals surface area contributed by atoms with Crippen molar-refractivity contribution in [2.45, 2.75) is 20.3 Å². The lowest BCUT2D eigenvalue weighted by Gasteiger charge is -2.13. The summed E-state index contributed by atoms with van der Waals surface area (Å²) in [4.78, 5) is 14.8. The van der Waals surface area contributed by atoms with E-state index in [-0.39, 0.29) is 5.56 Å². The van der Waals surface area contributed by atoms with Gasteiger partial charge in [0.15, 0.2) is 0 Å². The van der Waals surface area contributed by atoms with E-state index in [0.717, 1.165) is 27.8 Å². The molecule has 3 aromatic rings. The van der Waals surface area contributed by atoms with Crippen molar-refractivity contribution in [1.29, 1.82) is 0 Å². The minimum Gasteiger partial charge on any atom is -0.329 e. The maximum atomic E-state index is 12.1. The minimum absolute atomic E-state index is 0.0256. The van der Waals surface area contributed by atoms with Gasteiger partial charge in [-0.1, -0.05) is 29.8 Å². The van der Waals surface area contributed by atoms with Gasteiger partial charge in [0, 0.05) is 11.2 Å². The smallest absolute Gasteiger partial charge is 0.256 e. The highest BCUT2D eigenvalue weighted by Crippen LogP contribution is 2.25. The Labute approximate surface area is 128 Å². The average molecular weight is 298 g/mol. The number of pyridine rings is 1. The van der Waals surface area contributed by atoms with E-state index < -0.39 is 0 Å². The number of halogens is 1. The number of hydrogen-bond acceptors (Lipinski definition) is 1. The van der Waals surface area contributed by atoms with Crippen LogP contribution in [0.25, 0.3) is 10.8 Å². The number of fused-ring (bicyclic) bond motifs is 1. The number of aromatic amines is 1. The Kier molecular flexibility index (Phi) is 3.56. The fourth-order valence-corrected chi connectivity index (χ4v) is 2.97. The van der Waals surface area contributed by atoms with Crippen LogP contribution in [0.15, 0.2) is 47.4 Å². The number of aromatic nitrogens is 1. The quantitative estimate of drug-likeness (QED) is 0.747. The van der Waals surface area contributed by atoms with Gasteiger partial charge in [0.25, 0.3) is 5.56 Å². The number of benzene rings is 2. The molecule has 0 aliphatic carbocycles. The van der Waals surface area contributed by atoms with Crippen LogP contribution in [0.5, 0.6) is 0 Å². The van der Waals surface area contributed by atoms with Crippen LogP contribution >= 0.6 is 11.6 Å². The molecular formula is C18H16ClNO. The van der Waals surface area contributed by atoms with Crippen LogP contribution in [0.2, 0.25) is 5.02 Å². The SMILES string of the molecule is Cc1cc2cc[nH]c(=O)c2c(C)c1Cc1ccc(Cl)cc1. The Balaban J connectivity index is 2.16. The molecule has 0 bridgehead atoms. The summed E-state index contributed by atoms with van der Waals surface area (Å²) in [5.74, 6) is 0. The Morgan fingerprint density at radius 2 is 1.81 bits per heavy atom. The second-order valence-corrected chi connectivity index (χ2v) is 5.81. The van der Waals surface area contributed by atoms with Gasteiger partial charge in [-0.2, -0.15) is 0 Å². The van der Waals surface area contributed by atoms with Crippen molar-refractivity contribution in [1.82, 2.24) is 4.98 Å². The first-order valence-corrected chi connectivity index (χ1v) is 7.29.